The van der Waals surface area contributed by atoms with Crippen molar-refractivity contribution >= 4 is 45.9 Å². The smallest absolute Gasteiger partial charge is 0.414 e. The molecule has 12 nitrogen and oxygen atoms in total. The average Bonchev–Trinajstić information content (AvgIpc) is 3.29. The van der Waals surface area contributed by atoms with Crippen molar-refractivity contribution in [2.75, 3.05) is 47.9 Å². The molecule has 0 unspecified atom stereocenters. The Labute approximate surface area is 220 Å². The van der Waals surface area contributed by atoms with E-state index in [0.29, 0.717) is 16.6 Å². The van der Waals surface area contributed by atoms with Crippen LogP contribution in [0.4, 0.5) is 30.6 Å². The summed E-state index contributed by atoms with van der Waals surface area (Å²) in [6, 6.07) is 6.93. The number of ether oxygens (including phenoxy) is 1. The molecule has 0 radical (unpaired) electrons. The molecule has 0 saturated carbocycles. The molecule has 2 aliphatic rings. The second-order valence-corrected chi connectivity index (χ2v) is 9.29. The maximum absolute atomic E-state index is 15.3. The number of rotatable bonds is 6. The zero-order chi connectivity index (χ0) is 27.8. The maximum atomic E-state index is 15.3. The lowest BCUT2D eigenvalue weighted by molar-refractivity contribution is -0.119. The van der Waals surface area contributed by atoms with Crippen LogP contribution in [0.15, 0.2) is 35.1 Å². The predicted molar refractivity (Wildman–Crippen MR) is 137 cm³/mol. The molecule has 0 aliphatic carbocycles. The third kappa shape index (κ3) is 5.02. The van der Waals surface area contributed by atoms with Crippen LogP contribution >= 0.6 is 0 Å². The molecule has 39 heavy (non-hydrogen) atoms. The van der Waals surface area contributed by atoms with E-state index >= 15 is 8.78 Å². The van der Waals surface area contributed by atoms with Gasteiger partial charge in [0.1, 0.15) is 18.4 Å². The average molecular weight is 545 g/mol. The monoisotopic (exact) mass is 544 g/mol. The summed E-state index contributed by atoms with van der Waals surface area (Å²) in [6.07, 6.45) is -1.42. The minimum atomic E-state index is -0.865. The molecular formula is C25H26F2N6O6. The number of aliphatic hydroxyl groups excluding tert-OH is 1. The second kappa shape index (κ2) is 10.4. The molecule has 3 N–H and O–H groups in total. The Balaban J connectivity index is 1.35. The topological polar surface area (TPSA) is 138 Å². The van der Waals surface area contributed by atoms with Crippen molar-refractivity contribution in [3.63, 3.8) is 0 Å². The predicted octanol–water partition coefficient (Wildman–Crippen LogP) is 0.994. The first kappa shape index (κ1) is 26.2. The summed E-state index contributed by atoms with van der Waals surface area (Å²) in [5.74, 6) is -2.62. The minimum Gasteiger partial charge on any atom is -0.442 e. The van der Waals surface area contributed by atoms with Crippen molar-refractivity contribution in [2.45, 2.75) is 26.1 Å². The van der Waals surface area contributed by atoms with Crippen molar-refractivity contribution in [3.8, 4) is 0 Å². The lowest BCUT2D eigenvalue weighted by Gasteiger charge is -2.24. The third-order valence-electron chi connectivity index (χ3n) is 6.70. The van der Waals surface area contributed by atoms with E-state index in [9.17, 15) is 19.2 Å². The van der Waals surface area contributed by atoms with Crippen molar-refractivity contribution < 1.29 is 33.0 Å². The summed E-state index contributed by atoms with van der Waals surface area (Å²) in [7, 11) is 0. The number of aromatic nitrogens is 2. The first-order chi connectivity index (χ1) is 18.7. The number of nitrogens with zero attached hydrogens (tertiary/aromatic N) is 4. The highest BCUT2D eigenvalue weighted by atomic mass is 19.1. The highest BCUT2D eigenvalue weighted by Crippen LogP contribution is 2.32. The molecular weight excluding hydrogens is 518 g/mol. The zero-order valence-electron chi connectivity index (χ0n) is 20.9. The molecule has 3 heterocycles. The SMILES string of the molecule is CC(=O)NC[C@H]1CN(c2cc(F)c(N3CCn4c(=O)c5cc(NC(=O)CO)ccc5n4CC3)c(F)c2)C(=O)O1. The minimum absolute atomic E-state index is 0.00327. The van der Waals surface area contributed by atoms with Gasteiger partial charge in [0.15, 0.2) is 11.6 Å². The van der Waals surface area contributed by atoms with E-state index in [1.807, 2.05) is 0 Å². The van der Waals surface area contributed by atoms with Gasteiger partial charge in [-0.3, -0.25) is 24.0 Å². The van der Waals surface area contributed by atoms with Crippen LogP contribution in [0, 0.1) is 11.6 Å². The van der Waals surface area contributed by atoms with Gasteiger partial charge in [-0.15, -0.1) is 0 Å². The molecule has 3 aromatic rings. The Kier molecular flexibility index (Phi) is 6.95. The van der Waals surface area contributed by atoms with Crippen molar-refractivity contribution in [3.05, 3.63) is 52.3 Å². The largest absolute Gasteiger partial charge is 0.442 e. The fraction of sp³-hybridized carbons (Fsp3) is 0.360. The Hall–Kier alpha value is -4.46. The first-order valence-corrected chi connectivity index (χ1v) is 12.3. The quantitative estimate of drug-likeness (QED) is 0.421. The Morgan fingerprint density at radius 3 is 2.41 bits per heavy atom. The van der Waals surface area contributed by atoms with Gasteiger partial charge in [-0.05, 0) is 18.2 Å². The van der Waals surface area contributed by atoms with Crippen molar-refractivity contribution in [1.29, 1.82) is 0 Å². The van der Waals surface area contributed by atoms with Crippen LogP contribution in [-0.4, -0.2) is 71.3 Å². The highest BCUT2D eigenvalue weighted by Gasteiger charge is 2.34. The van der Waals surface area contributed by atoms with Gasteiger partial charge in [0.2, 0.25) is 11.8 Å². The van der Waals surface area contributed by atoms with Crippen LogP contribution in [0.25, 0.3) is 10.9 Å². The fourth-order valence-electron chi connectivity index (χ4n) is 4.93. The summed E-state index contributed by atoms with van der Waals surface area (Å²) in [5, 5.41) is 14.4. The first-order valence-electron chi connectivity index (χ1n) is 12.3. The normalized spacial score (nSPS) is 17.1. The number of amides is 3. The van der Waals surface area contributed by atoms with Gasteiger partial charge in [0.25, 0.3) is 5.56 Å². The number of carbonyl (C=O) groups excluding carboxylic acids is 3. The van der Waals surface area contributed by atoms with Gasteiger partial charge in [0, 0.05) is 37.8 Å². The van der Waals surface area contributed by atoms with Crippen LogP contribution in [0.1, 0.15) is 6.92 Å². The summed E-state index contributed by atoms with van der Waals surface area (Å²) >= 11 is 0. The van der Waals surface area contributed by atoms with Gasteiger partial charge in [-0.2, -0.15) is 0 Å². The van der Waals surface area contributed by atoms with Crippen molar-refractivity contribution in [2.24, 2.45) is 0 Å². The summed E-state index contributed by atoms with van der Waals surface area (Å²) in [5.41, 5.74) is 0.384. The number of cyclic esters (lactones) is 1. The van der Waals surface area contributed by atoms with E-state index in [-0.39, 0.29) is 62.1 Å². The van der Waals surface area contributed by atoms with Gasteiger partial charge >= 0.3 is 6.09 Å². The molecule has 2 aromatic carbocycles. The van der Waals surface area contributed by atoms with E-state index in [1.165, 1.54) is 22.6 Å². The van der Waals surface area contributed by atoms with Crippen LogP contribution in [-0.2, 0) is 27.4 Å². The number of fused-ring (bicyclic) bond motifs is 3. The van der Waals surface area contributed by atoms with E-state index in [2.05, 4.69) is 10.6 Å². The number of benzene rings is 2. The lowest BCUT2D eigenvalue weighted by atomic mass is 10.2. The van der Waals surface area contributed by atoms with Crippen LogP contribution in [0.5, 0.6) is 0 Å². The molecule has 2 aliphatic heterocycles. The number of aliphatic hydroxyl groups is 1. The number of hydrogen-bond donors (Lipinski definition) is 3. The summed E-state index contributed by atoms with van der Waals surface area (Å²) in [4.78, 5) is 50.6. The number of anilines is 3. The van der Waals surface area contributed by atoms with Crippen molar-refractivity contribution in [1.82, 2.24) is 14.7 Å². The molecule has 1 atom stereocenters. The highest BCUT2D eigenvalue weighted by molar-refractivity contribution is 5.94. The van der Waals surface area contributed by atoms with E-state index in [4.69, 9.17) is 9.84 Å². The van der Waals surface area contributed by atoms with E-state index in [0.717, 1.165) is 17.0 Å². The molecule has 3 amide bonds. The molecule has 1 aromatic heterocycles. The van der Waals surface area contributed by atoms with E-state index < -0.39 is 36.3 Å². The Morgan fingerprint density at radius 2 is 1.74 bits per heavy atom. The number of carbonyl (C=O) groups is 3. The van der Waals surface area contributed by atoms with Gasteiger partial charge in [-0.1, -0.05) is 0 Å². The zero-order valence-corrected chi connectivity index (χ0v) is 20.9. The number of hydrogen-bond acceptors (Lipinski definition) is 7. The van der Waals surface area contributed by atoms with Crippen LogP contribution in [0.3, 0.4) is 0 Å². The third-order valence-corrected chi connectivity index (χ3v) is 6.70. The molecule has 5 rings (SSSR count). The van der Waals surface area contributed by atoms with Crippen LogP contribution in [0.2, 0.25) is 0 Å². The number of halogens is 2. The van der Waals surface area contributed by atoms with Gasteiger partial charge in [-0.25, -0.2) is 18.3 Å². The molecule has 0 spiro atoms. The Morgan fingerprint density at radius 1 is 1.05 bits per heavy atom. The molecule has 0 bridgehead atoms. The summed E-state index contributed by atoms with van der Waals surface area (Å²) < 4.78 is 39.0. The standard InChI is InChI=1S/C25H26F2N6O6/c1-14(35)28-11-17-12-31(25(38)39-17)16-9-19(26)23(20(27)10-16)30-4-6-32-21-3-2-15(29-22(36)13-34)8-18(21)24(37)33(32)7-5-30/h2-3,8-10,17,34H,4-7,11-13H2,1H3,(H,28,35)(H,29,36)/t17-/m0/s1. The van der Waals surface area contributed by atoms with Crippen LogP contribution < -0.4 is 26.0 Å². The molecule has 1 saturated heterocycles. The summed E-state index contributed by atoms with van der Waals surface area (Å²) in [6.45, 7) is 1.50. The molecule has 1 fully saturated rings. The number of nitrogens with one attached hydrogen (secondary N) is 2. The van der Waals surface area contributed by atoms with Gasteiger partial charge in [0.05, 0.1) is 42.8 Å². The maximum Gasteiger partial charge on any atom is 0.414 e. The fourth-order valence-corrected chi connectivity index (χ4v) is 4.93. The molecule has 206 valence electrons. The Bertz CT molecular complexity index is 1510. The lowest BCUT2D eigenvalue weighted by Crippen LogP contribution is -2.33. The second-order valence-electron chi connectivity index (χ2n) is 9.29. The van der Waals surface area contributed by atoms with Gasteiger partial charge < -0.3 is 25.4 Å². The molecule has 14 heteroatoms. The van der Waals surface area contributed by atoms with E-state index in [1.54, 1.807) is 16.8 Å².